The molecule has 0 unspecified atom stereocenters. The number of Topliss-reactive ketones (excluding diaryl/α,β-unsaturated/α-hetero) is 2. The van der Waals surface area contributed by atoms with Crippen LogP contribution in [-0.2, 0) is 9.59 Å². The topological polar surface area (TPSA) is 34.1 Å². The second-order valence-electron chi connectivity index (χ2n) is 3.60. The van der Waals surface area contributed by atoms with Crippen molar-refractivity contribution in [2.24, 2.45) is 5.41 Å². The van der Waals surface area contributed by atoms with E-state index in [0.29, 0.717) is 12.8 Å². The summed E-state index contributed by atoms with van der Waals surface area (Å²) in [6.45, 7) is 0. The molecule has 60 valence electrons. The van der Waals surface area contributed by atoms with Gasteiger partial charge in [0.1, 0.15) is 11.6 Å². The molecule has 3 heteroatoms. The van der Waals surface area contributed by atoms with Gasteiger partial charge in [-0.3, -0.25) is 9.59 Å². The average molecular weight is 170 g/mol. The minimum absolute atomic E-state index is 0.108. The summed E-state index contributed by atoms with van der Waals surface area (Å²) in [6.07, 6.45) is 1.52. The van der Waals surface area contributed by atoms with Crippen LogP contribution in [0, 0.1) is 5.41 Å². The van der Waals surface area contributed by atoms with E-state index in [2.05, 4.69) is 0 Å². The molecule has 0 aromatic rings. The summed E-state index contributed by atoms with van der Waals surface area (Å²) in [5.74, 6) is 2.35. The molecule has 2 aliphatic rings. The van der Waals surface area contributed by atoms with Gasteiger partial charge in [-0.25, -0.2) is 0 Å². The predicted octanol–water partition coefficient (Wildman–Crippen LogP) is 1.04. The zero-order chi connectivity index (χ0) is 7.90. The molecule has 2 rings (SSSR count). The van der Waals surface area contributed by atoms with Crippen LogP contribution in [0.15, 0.2) is 0 Å². The minimum atomic E-state index is 0.108. The lowest BCUT2D eigenvalue weighted by molar-refractivity contribution is -0.133. The summed E-state index contributed by atoms with van der Waals surface area (Å²) in [7, 11) is 0. The molecule has 0 atom stereocenters. The van der Waals surface area contributed by atoms with Gasteiger partial charge in [0.25, 0.3) is 0 Å². The van der Waals surface area contributed by atoms with Crippen molar-refractivity contribution < 1.29 is 9.59 Å². The van der Waals surface area contributed by atoms with Gasteiger partial charge in [-0.05, 0) is 0 Å². The van der Waals surface area contributed by atoms with E-state index >= 15 is 0 Å². The molecule has 1 heterocycles. The van der Waals surface area contributed by atoms with Crippen molar-refractivity contribution >= 4 is 23.3 Å². The Morgan fingerprint density at radius 2 is 1.64 bits per heavy atom. The summed E-state index contributed by atoms with van der Waals surface area (Å²) in [4.78, 5) is 22.1. The molecule has 0 aromatic heterocycles. The largest absolute Gasteiger partial charge is 0.299 e. The number of hydrogen-bond donors (Lipinski definition) is 0. The van der Waals surface area contributed by atoms with Crippen LogP contribution in [0.5, 0.6) is 0 Å². The van der Waals surface area contributed by atoms with Gasteiger partial charge in [0.05, 0.1) is 6.42 Å². The summed E-state index contributed by atoms with van der Waals surface area (Å²) >= 11 is 1.84. The van der Waals surface area contributed by atoms with E-state index in [0.717, 1.165) is 11.5 Å². The third-order valence-corrected chi connectivity index (χ3v) is 3.99. The molecule has 0 radical (unpaired) electrons. The number of thioether (sulfide) groups is 1. The maximum atomic E-state index is 11.1. The van der Waals surface area contributed by atoms with Gasteiger partial charge < -0.3 is 0 Å². The minimum Gasteiger partial charge on any atom is -0.299 e. The van der Waals surface area contributed by atoms with Crippen molar-refractivity contribution in [2.45, 2.75) is 19.3 Å². The van der Waals surface area contributed by atoms with E-state index in [4.69, 9.17) is 0 Å². The van der Waals surface area contributed by atoms with Crippen LogP contribution >= 0.6 is 11.8 Å². The lowest BCUT2D eigenvalue weighted by Crippen LogP contribution is -2.43. The standard InChI is InChI=1S/C8H10O2S/c9-6-1-7(10)3-8(2-6)4-11-5-8/h1-5H2. The number of carbonyl (C=O) groups is 2. The van der Waals surface area contributed by atoms with Crippen LogP contribution in [0.1, 0.15) is 19.3 Å². The van der Waals surface area contributed by atoms with Gasteiger partial charge in [0.15, 0.2) is 0 Å². The molecule has 0 amide bonds. The molecule has 0 bridgehead atoms. The molecule has 1 spiro atoms. The zero-order valence-corrected chi connectivity index (χ0v) is 7.08. The third-order valence-electron chi connectivity index (χ3n) is 2.36. The summed E-state index contributed by atoms with van der Waals surface area (Å²) in [6, 6.07) is 0. The Kier molecular flexibility index (Phi) is 1.56. The Morgan fingerprint density at radius 3 is 2.00 bits per heavy atom. The molecule has 1 aliphatic heterocycles. The fraction of sp³-hybridized carbons (Fsp3) is 0.750. The van der Waals surface area contributed by atoms with Crippen molar-refractivity contribution in [2.75, 3.05) is 11.5 Å². The van der Waals surface area contributed by atoms with Gasteiger partial charge >= 0.3 is 0 Å². The van der Waals surface area contributed by atoms with Crippen LogP contribution in [0.25, 0.3) is 0 Å². The summed E-state index contributed by atoms with van der Waals surface area (Å²) in [5.41, 5.74) is 0.108. The van der Waals surface area contributed by atoms with Crippen molar-refractivity contribution in [1.82, 2.24) is 0 Å². The molecule has 1 aliphatic carbocycles. The summed E-state index contributed by atoms with van der Waals surface area (Å²) < 4.78 is 0. The normalized spacial score (nSPS) is 28.7. The first-order valence-corrected chi connectivity index (χ1v) is 4.97. The maximum absolute atomic E-state index is 11.1. The lowest BCUT2D eigenvalue weighted by Gasteiger charge is -2.42. The highest BCUT2D eigenvalue weighted by molar-refractivity contribution is 8.00. The Labute approximate surface area is 69.7 Å². The van der Waals surface area contributed by atoms with Gasteiger partial charge in [-0.1, -0.05) is 0 Å². The first-order valence-electron chi connectivity index (χ1n) is 3.81. The predicted molar refractivity (Wildman–Crippen MR) is 43.6 cm³/mol. The second kappa shape index (κ2) is 2.34. The monoisotopic (exact) mass is 170 g/mol. The molecule has 0 N–H and O–H groups in total. The van der Waals surface area contributed by atoms with E-state index in [9.17, 15) is 9.59 Å². The van der Waals surface area contributed by atoms with Crippen molar-refractivity contribution in [3.8, 4) is 0 Å². The number of ketones is 2. The number of hydrogen-bond acceptors (Lipinski definition) is 3. The van der Waals surface area contributed by atoms with Crippen LogP contribution in [0.4, 0.5) is 0 Å². The average Bonchev–Trinajstić information content (AvgIpc) is 1.82. The molecular weight excluding hydrogens is 160 g/mol. The van der Waals surface area contributed by atoms with Crippen molar-refractivity contribution in [3.05, 3.63) is 0 Å². The first kappa shape index (κ1) is 7.35. The SMILES string of the molecule is O=C1CC(=O)CC2(CSC2)C1. The molecule has 0 aromatic carbocycles. The maximum Gasteiger partial charge on any atom is 0.140 e. The smallest absolute Gasteiger partial charge is 0.140 e. The van der Waals surface area contributed by atoms with Gasteiger partial charge in [-0.2, -0.15) is 11.8 Å². The van der Waals surface area contributed by atoms with Crippen LogP contribution < -0.4 is 0 Å². The van der Waals surface area contributed by atoms with Crippen molar-refractivity contribution in [3.63, 3.8) is 0 Å². The lowest BCUT2D eigenvalue weighted by atomic mass is 9.75. The molecule has 2 fully saturated rings. The fourth-order valence-electron chi connectivity index (χ4n) is 1.84. The van der Waals surface area contributed by atoms with E-state index < -0.39 is 0 Å². The van der Waals surface area contributed by atoms with Crippen molar-refractivity contribution in [1.29, 1.82) is 0 Å². The Morgan fingerprint density at radius 1 is 1.09 bits per heavy atom. The number of carbonyl (C=O) groups excluding carboxylic acids is 2. The molecule has 1 saturated carbocycles. The van der Waals surface area contributed by atoms with E-state index in [1.54, 1.807) is 0 Å². The fourth-order valence-corrected chi connectivity index (χ4v) is 3.03. The number of rotatable bonds is 0. The van der Waals surface area contributed by atoms with Crippen LogP contribution in [0.2, 0.25) is 0 Å². The second-order valence-corrected chi connectivity index (χ2v) is 4.59. The van der Waals surface area contributed by atoms with Gasteiger partial charge in [-0.15, -0.1) is 0 Å². The van der Waals surface area contributed by atoms with Crippen LogP contribution in [-0.4, -0.2) is 23.1 Å². The zero-order valence-electron chi connectivity index (χ0n) is 6.26. The molecular formula is C8H10O2S. The highest BCUT2D eigenvalue weighted by Gasteiger charge is 2.44. The molecule has 11 heavy (non-hydrogen) atoms. The Hall–Kier alpha value is -0.310. The summed E-state index contributed by atoms with van der Waals surface area (Å²) in [5, 5.41) is 0. The first-order chi connectivity index (χ1) is 5.20. The molecule has 1 saturated heterocycles. The van der Waals surface area contributed by atoms with E-state index in [1.165, 1.54) is 0 Å². The molecule has 2 nitrogen and oxygen atoms in total. The van der Waals surface area contributed by atoms with E-state index in [-0.39, 0.29) is 23.4 Å². The van der Waals surface area contributed by atoms with Crippen LogP contribution in [0.3, 0.4) is 0 Å². The quantitative estimate of drug-likeness (QED) is 0.509. The highest BCUT2D eigenvalue weighted by Crippen LogP contribution is 2.46. The third kappa shape index (κ3) is 1.22. The Bertz CT molecular complexity index is 200. The van der Waals surface area contributed by atoms with Gasteiger partial charge in [0, 0.05) is 29.8 Å². The van der Waals surface area contributed by atoms with E-state index in [1.807, 2.05) is 11.8 Å². The highest BCUT2D eigenvalue weighted by atomic mass is 32.2. The Balaban J connectivity index is 2.12. The van der Waals surface area contributed by atoms with Gasteiger partial charge in [0.2, 0.25) is 0 Å².